The lowest BCUT2D eigenvalue weighted by molar-refractivity contribution is 0.386. The molecule has 3 fully saturated rings. The maximum atomic E-state index is 11.7. The van der Waals surface area contributed by atoms with Crippen LogP contribution in [0, 0.1) is 17.8 Å². The quantitative estimate of drug-likeness (QED) is 0.364. The molecule has 5 nitrogen and oxygen atoms in total. The molecule has 4 unspecified atom stereocenters. The van der Waals surface area contributed by atoms with Gasteiger partial charge < -0.3 is 10.6 Å². The van der Waals surface area contributed by atoms with Crippen LogP contribution in [0.3, 0.4) is 0 Å². The van der Waals surface area contributed by atoms with Gasteiger partial charge in [-0.05, 0) is 54.9 Å². The van der Waals surface area contributed by atoms with Crippen molar-refractivity contribution < 1.29 is 8.42 Å². The SMILES string of the molecule is I.O=S1(=O)CCC(CNC(=NCc2cccs2)NC2CC3CCC2C3)C1. The summed E-state index contributed by atoms with van der Waals surface area (Å²) in [6, 6.07) is 4.68. The summed E-state index contributed by atoms with van der Waals surface area (Å²) in [5, 5.41) is 9.15. The molecule has 1 aromatic heterocycles. The summed E-state index contributed by atoms with van der Waals surface area (Å²) < 4.78 is 23.3. The van der Waals surface area contributed by atoms with Gasteiger partial charge in [-0.2, -0.15) is 0 Å². The molecule has 1 saturated heterocycles. The molecule has 2 aliphatic carbocycles. The number of nitrogens with zero attached hydrogens (tertiary/aromatic N) is 1. The van der Waals surface area contributed by atoms with E-state index in [9.17, 15) is 8.42 Å². The minimum atomic E-state index is -2.82. The highest BCUT2D eigenvalue weighted by atomic mass is 127. The average Bonchev–Trinajstić information content (AvgIpc) is 3.35. The van der Waals surface area contributed by atoms with Gasteiger partial charge in [-0.25, -0.2) is 13.4 Å². The zero-order valence-corrected chi connectivity index (χ0v) is 18.9. The molecular formula is C18H28IN3O2S2. The molecule has 2 N–H and O–H groups in total. The lowest BCUT2D eigenvalue weighted by Gasteiger charge is -2.25. The summed E-state index contributed by atoms with van der Waals surface area (Å²) >= 11 is 1.72. The monoisotopic (exact) mass is 509 g/mol. The highest BCUT2D eigenvalue weighted by Gasteiger charge is 2.40. The molecule has 0 amide bonds. The summed E-state index contributed by atoms with van der Waals surface area (Å²) in [5.74, 6) is 3.38. The Morgan fingerprint density at radius 3 is 2.77 bits per heavy atom. The second kappa shape index (κ2) is 8.77. The molecule has 4 rings (SSSR count). The van der Waals surface area contributed by atoms with Gasteiger partial charge in [0.05, 0.1) is 18.1 Å². The normalized spacial score (nSPS) is 32.4. The van der Waals surface area contributed by atoms with E-state index in [-0.39, 0.29) is 29.9 Å². The van der Waals surface area contributed by atoms with E-state index in [1.54, 1.807) is 11.3 Å². The number of aliphatic imine (C=N–C) groups is 1. The Bertz CT molecular complexity index is 721. The van der Waals surface area contributed by atoms with Gasteiger partial charge in [0.15, 0.2) is 15.8 Å². The third-order valence-corrected chi connectivity index (χ3v) is 8.62. The first-order valence-electron chi connectivity index (χ1n) is 9.35. The van der Waals surface area contributed by atoms with Crippen LogP contribution in [0.5, 0.6) is 0 Å². The zero-order chi connectivity index (χ0) is 17.3. The highest BCUT2D eigenvalue weighted by molar-refractivity contribution is 14.0. The number of fused-ring (bicyclic) bond motifs is 2. The van der Waals surface area contributed by atoms with Crippen LogP contribution < -0.4 is 10.6 Å². The number of halogens is 1. The topological polar surface area (TPSA) is 70.6 Å². The fourth-order valence-corrected chi connectivity index (χ4v) is 7.07. The van der Waals surface area contributed by atoms with E-state index in [1.807, 2.05) is 0 Å². The van der Waals surface area contributed by atoms with E-state index < -0.39 is 9.84 Å². The van der Waals surface area contributed by atoms with Gasteiger partial charge in [-0.3, -0.25) is 0 Å². The van der Waals surface area contributed by atoms with Crippen LogP contribution in [0.2, 0.25) is 0 Å². The van der Waals surface area contributed by atoms with E-state index in [1.165, 1.54) is 30.6 Å². The summed E-state index contributed by atoms with van der Waals surface area (Å²) in [7, 11) is -2.82. The van der Waals surface area contributed by atoms with Crippen LogP contribution in [0.4, 0.5) is 0 Å². The summed E-state index contributed by atoms with van der Waals surface area (Å²) in [5.41, 5.74) is 0. The Morgan fingerprint density at radius 2 is 2.15 bits per heavy atom. The molecule has 2 bridgehead atoms. The molecule has 8 heteroatoms. The second-order valence-corrected chi connectivity index (χ2v) is 11.1. The van der Waals surface area contributed by atoms with Crippen molar-refractivity contribution in [3.05, 3.63) is 22.4 Å². The Balaban J connectivity index is 0.00000196. The summed E-state index contributed by atoms with van der Waals surface area (Å²) in [6.07, 6.45) is 6.10. The number of hydrogen-bond donors (Lipinski definition) is 2. The Morgan fingerprint density at radius 1 is 1.27 bits per heavy atom. The molecule has 0 aromatic carbocycles. The van der Waals surface area contributed by atoms with Crippen LogP contribution in [0.15, 0.2) is 22.5 Å². The Labute approximate surface area is 177 Å². The number of thiophene rings is 1. The van der Waals surface area contributed by atoms with E-state index in [0.717, 1.165) is 24.2 Å². The van der Waals surface area contributed by atoms with Crippen molar-refractivity contribution in [3.8, 4) is 0 Å². The number of hydrogen-bond acceptors (Lipinski definition) is 4. The van der Waals surface area contributed by atoms with Crippen molar-refractivity contribution in [2.24, 2.45) is 22.7 Å². The van der Waals surface area contributed by atoms with Crippen LogP contribution >= 0.6 is 35.3 Å². The third-order valence-electron chi connectivity index (χ3n) is 5.92. The van der Waals surface area contributed by atoms with Gasteiger partial charge in [0, 0.05) is 17.5 Å². The van der Waals surface area contributed by atoms with Crippen LogP contribution in [0.25, 0.3) is 0 Å². The number of nitrogens with one attached hydrogen (secondary N) is 2. The molecule has 2 heterocycles. The van der Waals surface area contributed by atoms with Crippen molar-refractivity contribution in [1.29, 1.82) is 0 Å². The molecule has 146 valence electrons. The Hall–Kier alpha value is -0.350. The summed E-state index contributed by atoms with van der Waals surface area (Å²) in [4.78, 5) is 6.01. The minimum Gasteiger partial charge on any atom is -0.356 e. The fourth-order valence-electron chi connectivity index (χ4n) is 4.58. The maximum absolute atomic E-state index is 11.7. The van der Waals surface area contributed by atoms with Crippen molar-refractivity contribution in [2.75, 3.05) is 18.1 Å². The van der Waals surface area contributed by atoms with Crippen LogP contribution in [0.1, 0.15) is 37.0 Å². The molecular weight excluding hydrogens is 481 g/mol. The van der Waals surface area contributed by atoms with Crippen molar-refractivity contribution >= 4 is 51.1 Å². The first-order valence-corrected chi connectivity index (χ1v) is 12.1. The zero-order valence-electron chi connectivity index (χ0n) is 14.9. The predicted molar refractivity (Wildman–Crippen MR) is 118 cm³/mol. The van der Waals surface area contributed by atoms with Gasteiger partial charge in [-0.1, -0.05) is 12.5 Å². The standard InChI is InChI=1S/C18H27N3O2S2.HI/c22-25(23)7-5-14(12-25)10-19-18(20-11-16-2-1-6-24-16)21-17-9-13-3-4-15(17)8-13;/h1-2,6,13-15,17H,3-5,7-12H2,(H2,19,20,21);1H. The Kier molecular flexibility index (Phi) is 6.88. The lowest BCUT2D eigenvalue weighted by atomic mass is 9.95. The van der Waals surface area contributed by atoms with Crippen molar-refractivity contribution in [1.82, 2.24) is 10.6 Å². The second-order valence-electron chi connectivity index (χ2n) is 7.82. The van der Waals surface area contributed by atoms with Gasteiger partial charge in [-0.15, -0.1) is 35.3 Å². The van der Waals surface area contributed by atoms with Gasteiger partial charge in [0.25, 0.3) is 0 Å². The van der Waals surface area contributed by atoms with E-state index in [0.29, 0.717) is 30.6 Å². The average molecular weight is 509 g/mol. The molecule has 4 atom stereocenters. The predicted octanol–water partition coefficient (Wildman–Crippen LogP) is 3.02. The minimum absolute atomic E-state index is 0. The molecule has 1 aliphatic heterocycles. The molecule has 1 aromatic rings. The van der Waals surface area contributed by atoms with Gasteiger partial charge in [0.2, 0.25) is 0 Å². The van der Waals surface area contributed by atoms with Crippen LogP contribution in [-0.2, 0) is 16.4 Å². The number of rotatable bonds is 5. The van der Waals surface area contributed by atoms with Crippen molar-refractivity contribution in [2.45, 2.75) is 44.7 Å². The third kappa shape index (κ3) is 5.13. The number of guanidine groups is 1. The highest BCUT2D eigenvalue weighted by Crippen LogP contribution is 2.44. The number of sulfone groups is 1. The van der Waals surface area contributed by atoms with E-state index in [2.05, 4.69) is 28.1 Å². The molecule has 2 saturated carbocycles. The first-order chi connectivity index (χ1) is 12.1. The lowest BCUT2D eigenvalue weighted by Crippen LogP contribution is -2.47. The van der Waals surface area contributed by atoms with Gasteiger partial charge >= 0.3 is 0 Å². The molecule has 3 aliphatic rings. The van der Waals surface area contributed by atoms with E-state index in [4.69, 9.17) is 4.99 Å². The first kappa shape index (κ1) is 20.4. The maximum Gasteiger partial charge on any atom is 0.191 e. The van der Waals surface area contributed by atoms with Crippen LogP contribution in [-0.4, -0.2) is 38.5 Å². The van der Waals surface area contributed by atoms with E-state index >= 15 is 0 Å². The summed E-state index contributed by atoms with van der Waals surface area (Å²) in [6.45, 7) is 1.37. The fraction of sp³-hybridized carbons (Fsp3) is 0.722. The molecule has 0 radical (unpaired) electrons. The van der Waals surface area contributed by atoms with Gasteiger partial charge in [0.1, 0.15) is 0 Å². The smallest absolute Gasteiger partial charge is 0.191 e. The molecule has 26 heavy (non-hydrogen) atoms. The van der Waals surface area contributed by atoms with Crippen molar-refractivity contribution in [3.63, 3.8) is 0 Å². The molecule has 0 spiro atoms. The largest absolute Gasteiger partial charge is 0.356 e.